The molecule has 0 amide bonds. The number of benzene rings is 3. The molecule has 0 aliphatic heterocycles. The predicted molar refractivity (Wildman–Crippen MR) is 133 cm³/mol. The van der Waals surface area contributed by atoms with E-state index in [1.165, 1.54) is 4.57 Å². The average Bonchev–Trinajstić information content (AvgIpc) is 3.26. The van der Waals surface area contributed by atoms with E-state index >= 15 is 0 Å². The SMILES string of the molecule is COc1ccccc1-n1c(SCC(=O)OCc2ccccc2)nc2c([nH]c3ccccc32)c1=O. The molecule has 5 aromatic rings. The van der Waals surface area contributed by atoms with Crippen molar-refractivity contribution in [1.29, 1.82) is 0 Å². The van der Waals surface area contributed by atoms with Gasteiger partial charge < -0.3 is 14.5 Å². The molecule has 170 valence electrons. The van der Waals surface area contributed by atoms with E-state index in [1.807, 2.05) is 66.7 Å². The highest BCUT2D eigenvalue weighted by Gasteiger charge is 2.20. The maximum Gasteiger partial charge on any atom is 0.316 e. The quantitative estimate of drug-likeness (QED) is 0.210. The first-order chi connectivity index (χ1) is 16.7. The molecular weight excluding hydrogens is 450 g/mol. The zero-order valence-corrected chi connectivity index (χ0v) is 19.2. The van der Waals surface area contributed by atoms with E-state index < -0.39 is 5.97 Å². The number of ether oxygens (including phenoxy) is 2. The van der Waals surface area contributed by atoms with Crippen LogP contribution in [0, 0.1) is 0 Å². The fourth-order valence-electron chi connectivity index (χ4n) is 3.77. The lowest BCUT2D eigenvalue weighted by Gasteiger charge is -2.14. The maximum absolute atomic E-state index is 13.6. The van der Waals surface area contributed by atoms with E-state index in [2.05, 4.69) is 4.98 Å². The Bertz CT molecular complexity index is 1540. The van der Waals surface area contributed by atoms with E-state index in [-0.39, 0.29) is 17.9 Å². The van der Waals surface area contributed by atoms with Crippen LogP contribution in [0.5, 0.6) is 5.75 Å². The van der Waals surface area contributed by atoms with Gasteiger partial charge in [-0.1, -0.05) is 72.4 Å². The topological polar surface area (TPSA) is 86.2 Å². The number of carbonyl (C=O) groups excluding carboxylic acids is 1. The van der Waals surface area contributed by atoms with Gasteiger partial charge >= 0.3 is 5.97 Å². The van der Waals surface area contributed by atoms with Gasteiger partial charge in [0.25, 0.3) is 5.56 Å². The van der Waals surface area contributed by atoms with Crippen LogP contribution >= 0.6 is 11.8 Å². The Labute approximate surface area is 199 Å². The first-order valence-electron chi connectivity index (χ1n) is 10.6. The number of rotatable bonds is 7. The highest BCUT2D eigenvalue weighted by molar-refractivity contribution is 7.99. The Balaban J connectivity index is 1.54. The largest absolute Gasteiger partial charge is 0.495 e. The maximum atomic E-state index is 13.6. The predicted octanol–water partition coefficient (Wildman–Crippen LogP) is 4.71. The van der Waals surface area contributed by atoms with Crippen LogP contribution in [-0.4, -0.2) is 33.4 Å². The van der Waals surface area contributed by atoms with Crippen molar-refractivity contribution in [2.75, 3.05) is 12.9 Å². The Morgan fingerprint density at radius 3 is 2.56 bits per heavy atom. The van der Waals surface area contributed by atoms with Crippen LogP contribution in [0.15, 0.2) is 88.8 Å². The lowest BCUT2D eigenvalue weighted by atomic mass is 10.2. The molecule has 2 aromatic heterocycles. The third kappa shape index (κ3) is 4.15. The zero-order valence-electron chi connectivity index (χ0n) is 18.4. The summed E-state index contributed by atoms with van der Waals surface area (Å²) in [5.41, 5.74) is 2.95. The van der Waals surface area contributed by atoms with Gasteiger partial charge in [0.05, 0.1) is 18.6 Å². The number of para-hydroxylation sites is 3. The van der Waals surface area contributed by atoms with Crippen molar-refractivity contribution in [3.05, 3.63) is 94.8 Å². The fraction of sp³-hybridized carbons (Fsp3) is 0.115. The van der Waals surface area contributed by atoms with E-state index in [0.29, 0.717) is 27.6 Å². The Morgan fingerprint density at radius 2 is 1.74 bits per heavy atom. The van der Waals surface area contributed by atoms with Gasteiger partial charge in [0.2, 0.25) is 0 Å². The molecule has 0 unspecified atom stereocenters. The smallest absolute Gasteiger partial charge is 0.316 e. The molecule has 34 heavy (non-hydrogen) atoms. The van der Waals surface area contributed by atoms with Crippen LogP contribution in [-0.2, 0) is 16.1 Å². The summed E-state index contributed by atoms with van der Waals surface area (Å²) in [5.74, 6) is 0.131. The molecule has 0 radical (unpaired) electrons. The molecule has 0 aliphatic carbocycles. The minimum atomic E-state index is -0.395. The van der Waals surface area contributed by atoms with Crippen LogP contribution in [0.4, 0.5) is 0 Å². The van der Waals surface area contributed by atoms with E-state index in [9.17, 15) is 9.59 Å². The highest BCUT2D eigenvalue weighted by Crippen LogP contribution is 2.29. The number of aromatic nitrogens is 3. The molecule has 0 bridgehead atoms. The Kier molecular flexibility index (Phi) is 6.05. The van der Waals surface area contributed by atoms with Gasteiger partial charge in [0.1, 0.15) is 23.4 Å². The molecule has 0 aliphatic rings. The third-order valence-electron chi connectivity index (χ3n) is 5.38. The number of fused-ring (bicyclic) bond motifs is 3. The van der Waals surface area contributed by atoms with Crippen molar-refractivity contribution in [3.8, 4) is 11.4 Å². The first kappa shape index (κ1) is 21.8. The summed E-state index contributed by atoms with van der Waals surface area (Å²) in [7, 11) is 1.55. The highest BCUT2D eigenvalue weighted by atomic mass is 32.2. The van der Waals surface area contributed by atoms with Gasteiger partial charge in [-0.2, -0.15) is 0 Å². The summed E-state index contributed by atoms with van der Waals surface area (Å²) in [6.07, 6.45) is 0. The van der Waals surface area contributed by atoms with Gasteiger partial charge in [0, 0.05) is 10.9 Å². The second kappa shape index (κ2) is 9.44. The van der Waals surface area contributed by atoms with Crippen LogP contribution in [0.3, 0.4) is 0 Å². The number of methoxy groups -OCH3 is 1. The molecule has 0 spiro atoms. The second-order valence-corrected chi connectivity index (χ2v) is 8.48. The molecule has 8 heteroatoms. The van der Waals surface area contributed by atoms with Crippen molar-refractivity contribution in [2.24, 2.45) is 0 Å². The molecule has 5 rings (SSSR count). The van der Waals surface area contributed by atoms with Crippen molar-refractivity contribution < 1.29 is 14.3 Å². The number of aromatic amines is 1. The molecule has 3 aromatic carbocycles. The molecule has 0 fully saturated rings. The van der Waals surface area contributed by atoms with E-state index in [4.69, 9.17) is 14.5 Å². The number of hydrogen-bond acceptors (Lipinski definition) is 6. The van der Waals surface area contributed by atoms with Crippen molar-refractivity contribution in [3.63, 3.8) is 0 Å². The van der Waals surface area contributed by atoms with Crippen LogP contribution in [0.2, 0.25) is 0 Å². The number of hydrogen-bond donors (Lipinski definition) is 1. The molecule has 0 saturated heterocycles. The minimum absolute atomic E-state index is 0.00227. The lowest BCUT2D eigenvalue weighted by molar-refractivity contribution is -0.141. The number of esters is 1. The summed E-state index contributed by atoms with van der Waals surface area (Å²) in [6.45, 7) is 0.189. The minimum Gasteiger partial charge on any atom is -0.495 e. The number of H-pyrrole nitrogens is 1. The van der Waals surface area contributed by atoms with E-state index in [1.54, 1.807) is 19.2 Å². The standard InChI is InChI=1S/C26H21N3O4S/c1-32-21-14-8-7-13-20(21)29-25(31)24-23(18-11-5-6-12-19(18)27-24)28-26(29)34-16-22(30)33-15-17-9-3-2-4-10-17/h2-14,27H,15-16H2,1H3. The normalized spacial score (nSPS) is 11.1. The van der Waals surface area contributed by atoms with Gasteiger partial charge in [-0.25, -0.2) is 9.55 Å². The average molecular weight is 472 g/mol. The summed E-state index contributed by atoms with van der Waals surface area (Å²) in [5, 5.41) is 1.22. The molecule has 1 N–H and O–H groups in total. The summed E-state index contributed by atoms with van der Waals surface area (Å²) >= 11 is 1.15. The summed E-state index contributed by atoms with van der Waals surface area (Å²) < 4.78 is 12.4. The first-order valence-corrected chi connectivity index (χ1v) is 11.6. The zero-order chi connectivity index (χ0) is 23.5. The third-order valence-corrected chi connectivity index (χ3v) is 6.29. The fourth-order valence-corrected chi connectivity index (χ4v) is 4.57. The van der Waals surface area contributed by atoms with Crippen LogP contribution in [0.1, 0.15) is 5.56 Å². The monoisotopic (exact) mass is 471 g/mol. The van der Waals surface area contributed by atoms with E-state index in [0.717, 1.165) is 28.2 Å². The molecule has 0 saturated carbocycles. The molecule has 7 nitrogen and oxygen atoms in total. The number of nitrogens with one attached hydrogen (secondary N) is 1. The second-order valence-electron chi connectivity index (χ2n) is 7.54. The lowest BCUT2D eigenvalue weighted by Crippen LogP contribution is -2.23. The molecule has 2 heterocycles. The molecular formula is C26H21N3O4S. The summed E-state index contributed by atoms with van der Waals surface area (Å²) in [4.78, 5) is 34.1. The van der Waals surface area contributed by atoms with Gasteiger partial charge in [-0.15, -0.1) is 0 Å². The number of carbonyl (C=O) groups is 1. The van der Waals surface area contributed by atoms with Crippen LogP contribution < -0.4 is 10.3 Å². The Morgan fingerprint density at radius 1 is 1.00 bits per heavy atom. The Hall–Kier alpha value is -4.04. The van der Waals surface area contributed by atoms with Crippen LogP contribution in [0.25, 0.3) is 27.6 Å². The number of thioether (sulfide) groups is 1. The summed E-state index contributed by atoms with van der Waals surface area (Å²) in [6, 6.07) is 24.3. The molecule has 0 atom stereocenters. The van der Waals surface area contributed by atoms with Gasteiger partial charge in [-0.05, 0) is 23.8 Å². The van der Waals surface area contributed by atoms with Crippen molar-refractivity contribution in [2.45, 2.75) is 11.8 Å². The van der Waals surface area contributed by atoms with Gasteiger partial charge in [-0.3, -0.25) is 9.59 Å². The van der Waals surface area contributed by atoms with Crippen molar-refractivity contribution >= 4 is 39.7 Å². The van der Waals surface area contributed by atoms with Gasteiger partial charge in [0.15, 0.2) is 5.16 Å². The number of nitrogens with zero attached hydrogens (tertiary/aromatic N) is 2. The van der Waals surface area contributed by atoms with Crippen molar-refractivity contribution in [1.82, 2.24) is 14.5 Å².